The largest absolute Gasteiger partial charge is 0.497 e. The van der Waals surface area contributed by atoms with E-state index >= 15 is 0 Å². The van der Waals surface area contributed by atoms with Gasteiger partial charge in [0.05, 0.1) is 19.8 Å². The number of methoxy groups -OCH3 is 2. The van der Waals surface area contributed by atoms with Crippen LogP contribution in [0, 0.1) is 0 Å². The van der Waals surface area contributed by atoms with Gasteiger partial charge in [-0.2, -0.15) is 0 Å². The number of hydrogen-bond donors (Lipinski definition) is 0. The highest BCUT2D eigenvalue weighted by Crippen LogP contribution is 2.44. The average Bonchev–Trinajstić information content (AvgIpc) is 3.59. The van der Waals surface area contributed by atoms with E-state index in [0.717, 1.165) is 11.1 Å². The molecule has 3 aromatic rings. The molecular formula is C24H22O5. The maximum Gasteiger partial charge on any atom is 0.198 e. The van der Waals surface area contributed by atoms with Crippen molar-refractivity contribution in [1.82, 2.24) is 0 Å². The normalized spacial score (nSPS) is 17.4. The molecule has 1 aliphatic heterocycles. The molecule has 1 saturated heterocycles. The van der Waals surface area contributed by atoms with Gasteiger partial charge in [-0.25, -0.2) is 0 Å². The van der Waals surface area contributed by atoms with Gasteiger partial charge in [-0.05, 0) is 35.4 Å². The van der Waals surface area contributed by atoms with Crippen LogP contribution in [-0.4, -0.2) is 26.1 Å². The summed E-state index contributed by atoms with van der Waals surface area (Å²) < 4.78 is 22.3. The predicted octanol–water partition coefficient (Wildman–Crippen LogP) is 4.61. The summed E-state index contributed by atoms with van der Waals surface area (Å²) in [5.74, 6) is 1.78. The summed E-state index contributed by atoms with van der Waals surface area (Å²) in [6.45, 7) is 0.396. The molecule has 0 N–H and O–H groups in total. The van der Waals surface area contributed by atoms with E-state index in [1.165, 1.54) is 0 Å². The highest BCUT2D eigenvalue weighted by atomic mass is 16.6. The smallest absolute Gasteiger partial charge is 0.198 e. The molecule has 1 heterocycles. The van der Waals surface area contributed by atoms with Crippen LogP contribution in [0.15, 0.2) is 72.8 Å². The topological polar surface area (TPSA) is 57.3 Å². The summed E-state index contributed by atoms with van der Waals surface area (Å²) in [7, 11) is 3.19. The number of ketones is 1. The average molecular weight is 390 g/mol. The Morgan fingerprint density at radius 3 is 2.24 bits per heavy atom. The summed E-state index contributed by atoms with van der Waals surface area (Å²) in [4.78, 5) is 13.1. The molecule has 5 nitrogen and oxygen atoms in total. The fourth-order valence-corrected chi connectivity index (χ4v) is 3.24. The first-order valence-electron chi connectivity index (χ1n) is 9.38. The van der Waals surface area contributed by atoms with Crippen molar-refractivity contribution >= 4 is 5.78 Å². The van der Waals surface area contributed by atoms with E-state index in [2.05, 4.69) is 0 Å². The summed E-state index contributed by atoms with van der Waals surface area (Å²) >= 11 is 0. The number of ether oxygens (including phenoxy) is 4. The second kappa shape index (κ2) is 8.37. The second-order valence-electron chi connectivity index (χ2n) is 6.76. The molecule has 148 valence electrons. The lowest BCUT2D eigenvalue weighted by atomic mass is 10.0. The molecule has 0 saturated carbocycles. The fraction of sp³-hybridized carbons (Fsp3) is 0.208. The van der Waals surface area contributed by atoms with Crippen molar-refractivity contribution in [2.24, 2.45) is 0 Å². The standard InChI is InChI=1S/C24H22O5/c1-26-18-12-17(13-19(14-18)27-2)23-24(29-23)22(25)20-10-6-7-11-21(20)28-15-16-8-4-3-5-9-16/h3-14,23-24H,15H2,1-2H3/t23-,24+/m0/s1. The Labute approximate surface area is 169 Å². The summed E-state index contributed by atoms with van der Waals surface area (Å²) in [5.41, 5.74) is 2.41. The Bertz CT molecular complexity index is 977. The number of para-hydroxylation sites is 1. The molecular weight excluding hydrogens is 368 g/mol. The van der Waals surface area contributed by atoms with Crippen molar-refractivity contribution in [2.75, 3.05) is 14.2 Å². The van der Waals surface area contributed by atoms with Gasteiger partial charge in [-0.3, -0.25) is 4.79 Å². The van der Waals surface area contributed by atoms with Crippen molar-refractivity contribution < 1.29 is 23.7 Å². The van der Waals surface area contributed by atoms with Crippen LogP contribution in [0.3, 0.4) is 0 Å². The van der Waals surface area contributed by atoms with E-state index in [0.29, 0.717) is 29.4 Å². The van der Waals surface area contributed by atoms with E-state index in [9.17, 15) is 4.79 Å². The van der Waals surface area contributed by atoms with Gasteiger partial charge in [0.15, 0.2) is 11.9 Å². The van der Waals surface area contributed by atoms with Crippen molar-refractivity contribution in [3.8, 4) is 17.2 Å². The molecule has 2 atom stereocenters. The van der Waals surface area contributed by atoms with Crippen LogP contribution in [-0.2, 0) is 11.3 Å². The van der Waals surface area contributed by atoms with Gasteiger partial charge in [0.2, 0.25) is 0 Å². The lowest BCUT2D eigenvalue weighted by Crippen LogP contribution is -2.11. The Morgan fingerprint density at radius 1 is 0.897 bits per heavy atom. The molecule has 0 radical (unpaired) electrons. The van der Waals surface area contributed by atoms with Crippen LogP contribution in [0.25, 0.3) is 0 Å². The van der Waals surface area contributed by atoms with Crippen LogP contribution in [0.2, 0.25) is 0 Å². The third-order valence-corrected chi connectivity index (χ3v) is 4.84. The van der Waals surface area contributed by atoms with Crippen molar-refractivity contribution in [3.63, 3.8) is 0 Å². The first-order chi connectivity index (χ1) is 14.2. The van der Waals surface area contributed by atoms with Gasteiger partial charge in [0, 0.05) is 6.07 Å². The SMILES string of the molecule is COc1cc(OC)cc([C@@H]2O[C@@H]2C(=O)c2ccccc2OCc2ccccc2)c1. The minimum Gasteiger partial charge on any atom is -0.497 e. The highest BCUT2D eigenvalue weighted by Gasteiger charge is 2.47. The lowest BCUT2D eigenvalue weighted by Gasteiger charge is -2.10. The number of Topliss-reactive ketones (excluding diaryl/α,β-unsaturated/α-hetero) is 1. The fourth-order valence-electron chi connectivity index (χ4n) is 3.24. The van der Waals surface area contributed by atoms with E-state index < -0.39 is 6.10 Å². The monoisotopic (exact) mass is 390 g/mol. The van der Waals surface area contributed by atoms with Crippen molar-refractivity contribution in [1.29, 1.82) is 0 Å². The maximum absolute atomic E-state index is 13.1. The molecule has 0 aromatic heterocycles. The lowest BCUT2D eigenvalue weighted by molar-refractivity contribution is 0.0949. The molecule has 5 heteroatoms. The number of benzene rings is 3. The molecule has 4 rings (SSSR count). The summed E-state index contributed by atoms with van der Waals surface area (Å²) in [6, 6.07) is 22.6. The number of hydrogen-bond acceptors (Lipinski definition) is 5. The zero-order chi connectivity index (χ0) is 20.2. The van der Waals surface area contributed by atoms with Crippen LogP contribution in [0.5, 0.6) is 17.2 Å². The first-order valence-corrected chi connectivity index (χ1v) is 9.38. The molecule has 0 bridgehead atoms. The van der Waals surface area contributed by atoms with Crippen LogP contribution >= 0.6 is 0 Å². The molecule has 29 heavy (non-hydrogen) atoms. The third-order valence-electron chi connectivity index (χ3n) is 4.84. The Balaban J connectivity index is 1.50. The first kappa shape index (κ1) is 19.0. The van der Waals surface area contributed by atoms with E-state index in [1.54, 1.807) is 26.4 Å². The molecule has 1 fully saturated rings. The summed E-state index contributed by atoms with van der Waals surface area (Å²) in [6.07, 6.45) is -0.873. The maximum atomic E-state index is 13.1. The highest BCUT2D eigenvalue weighted by molar-refractivity contribution is 6.03. The minimum absolute atomic E-state index is 0.0968. The third kappa shape index (κ3) is 4.25. The molecule has 0 aliphatic carbocycles. The minimum atomic E-state index is -0.548. The zero-order valence-electron chi connectivity index (χ0n) is 16.3. The predicted molar refractivity (Wildman–Crippen MR) is 109 cm³/mol. The van der Waals surface area contributed by atoms with Gasteiger partial charge in [-0.15, -0.1) is 0 Å². The van der Waals surface area contributed by atoms with Crippen LogP contribution in [0.1, 0.15) is 27.6 Å². The molecule has 0 unspecified atom stereocenters. The molecule has 0 amide bonds. The second-order valence-corrected chi connectivity index (χ2v) is 6.76. The van der Waals surface area contributed by atoms with E-state index in [-0.39, 0.29) is 11.9 Å². The van der Waals surface area contributed by atoms with Crippen LogP contribution < -0.4 is 14.2 Å². The van der Waals surface area contributed by atoms with Gasteiger partial charge in [0.1, 0.15) is 30.0 Å². The van der Waals surface area contributed by atoms with E-state index in [4.69, 9.17) is 18.9 Å². The van der Waals surface area contributed by atoms with Gasteiger partial charge in [-0.1, -0.05) is 42.5 Å². The van der Waals surface area contributed by atoms with Gasteiger partial charge in [0.25, 0.3) is 0 Å². The van der Waals surface area contributed by atoms with Crippen LogP contribution in [0.4, 0.5) is 0 Å². The Kier molecular flexibility index (Phi) is 5.49. The Morgan fingerprint density at radius 2 is 1.55 bits per heavy atom. The zero-order valence-corrected chi connectivity index (χ0v) is 16.3. The molecule has 3 aromatic carbocycles. The number of carbonyl (C=O) groups is 1. The number of rotatable bonds is 8. The molecule has 0 spiro atoms. The summed E-state index contributed by atoms with van der Waals surface area (Å²) in [5, 5.41) is 0. The quantitative estimate of drug-likeness (QED) is 0.415. The molecule has 1 aliphatic rings. The van der Waals surface area contributed by atoms with Gasteiger partial charge < -0.3 is 18.9 Å². The van der Waals surface area contributed by atoms with Crippen molar-refractivity contribution in [2.45, 2.75) is 18.8 Å². The van der Waals surface area contributed by atoms with E-state index in [1.807, 2.05) is 60.7 Å². The Hall–Kier alpha value is -3.31. The van der Waals surface area contributed by atoms with Crippen molar-refractivity contribution in [3.05, 3.63) is 89.5 Å². The number of carbonyl (C=O) groups excluding carboxylic acids is 1. The number of epoxide rings is 1. The van der Waals surface area contributed by atoms with Gasteiger partial charge >= 0.3 is 0 Å².